The van der Waals surface area contributed by atoms with Gasteiger partial charge in [0.15, 0.2) is 5.58 Å². The zero-order valence-electron chi connectivity index (χ0n) is 15.8. The van der Waals surface area contributed by atoms with Crippen LogP contribution in [0.25, 0.3) is 11.1 Å². The molecule has 0 spiro atoms. The van der Waals surface area contributed by atoms with Crippen molar-refractivity contribution in [2.75, 3.05) is 5.32 Å². The van der Waals surface area contributed by atoms with E-state index in [1.165, 1.54) is 4.57 Å². The number of halogens is 2. The van der Waals surface area contributed by atoms with Crippen LogP contribution in [0.5, 0.6) is 0 Å². The molecule has 2 aromatic carbocycles. The molecule has 4 rings (SSSR count). The maximum Gasteiger partial charge on any atom is 0.419 e. The topological polar surface area (TPSA) is 82.1 Å². The largest absolute Gasteiger partial charge is 0.419 e. The summed E-state index contributed by atoms with van der Waals surface area (Å²) in [6, 6.07) is 14.2. The third-order valence-electron chi connectivity index (χ3n) is 4.71. The number of nitrogens with zero attached hydrogens (tertiary/aromatic N) is 3. The molecule has 0 unspecified atom stereocenters. The quantitative estimate of drug-likeness (QED) is 0.452. The van der Waals surface area contributed by atoms with Gasteiger partial charge in [-0.15, -0.1) is 0 Å². The minimum absolute atomic E-state index is 0.178. The van der Waals surface area contributed by atoms with Crippen molar-refractivity contribution in [1.82, 2.24) is 14.3 Å². The summed E-state index contributed by atoms with van der Waals surface area (Å²) >= 11 is 12.5. The van der Waals surface area contributed by atoms with Gasteiger partial charge in [0, 0.05) is 34.6 Å². The lowest BCUT2D eigenvalue weighted by Gasteiger charge is -2.11. The molecule has 4 aromatic rings. The van der Waals surface area contributed by atoms with Crippen molar-refractivity contribution < 1.29 is 9.21 Å². The summed E-state index contributed by atoms with van der Waals surface area (Å²) < 4.78 is 8.37. The monoisotopic (exact) mass is 444 g/mol. The van der Waals surface area contributed by atoms with E-state index in [1.54, 1.807) is 41.2 Å². The molecule has 154 valence electrons. The van der Waals surface area contributed by atoms with E-state index >= 15 is 0 Å². The van der Waals surface area contributed by atoms with E-state index in [2.05, 4.69) is 10.4 Å². The minimum atomic E-state index is -0.425. The highest BCUT2D eigenvalue weighted by atomic mass is 35.5. The van der Waals surface area contributed by atoms with Gasteiger partial charge in [0.2, 0.25) is 5.91 Å². The Hall–Kier alpha value is -3.03. The number of aryl methyl sites for hydroxylation is 1. The molecule has 0 saturated carbocycles. The number of hydrogen-bond acceptors (Lipinski definition) is 4. The molecule has 0 bridgehead atoms. The number of benzene rings is 2. The minimum Gasteiger partial charge on any atom is -0.408 e. The fraction of sp³-hybridized carbons (Fsp3) is 0.190. The lowest BCUT2D eigenvalue weighted by molar-refractivity contribution is -0.116. The van der Waals surface area contributed by atoms with Gasteiger partial charge in [-0.1, -0.05) is 41.4 Å². The Morgan fingerprint density at radius 2 is 1.83 bits per heavy atom. The van der Waals surface area contributed by atoms with Crippen molar-refractivity contribution in [1.29, 1.82) is 0 Å². The zero-order chi connectivity index (χ0) is 21.1. The van der Waals surface area contributed by atoms with Gasteiger partial charge >= 0.3 is 5.76 Å². The van der Waals surface area contributed by atoms with Gasteiger partial charge in [0.1, 0.15) is 5.82 Å². The predicted octanol–water partition coefficient (Wildman–Crippen LogP) is 4.57. The Balaban J connectivity index is 1.38. The lowest BCUT2D eigenvalue weighted by Crippen LogP contribution is -2.18. The standard InChI is InChI=1S/C21H18Cl2N4O3/c22-15-5-3-6-16(23)14(15)13-27-19(10-11-24-27)25-20(28)9-4-12-26-17-7-1-2-8-18(17)30-21(26)29/h1-3,5-8,10-11H,4,9,12-13H2,(H,25,28). The number of oxazole rings is 1. The Labute approximate surface area is 181 Å². The first-order valence-electron chi connectivity index (χ1n) is 9.36. The predicted molar refractivity (Wildman–Crippen MR) is 116 cm³/mol. The fourth-order valence-corrected chi connectivity index (χ4v) is 3.74. The van der Waals surface area contributed by atoms with Crippen LogP contribution in [0, 0.1) is 0 Å². The molecule has 0 saturated heterocycles. The highest BCUT2D eigenvalue weighted by Gasteiger charge is 2.13. The second-order valence-corrected chi connectivity index (χ2v) is 7.53. The number of anilines is 1. The third kappa shape index (κ3) is 4.27. The van der Waals surface area contributed by atoms with Gasteiger partial charge < -0.3 is 9.73 Å². The van der Waals surface area contributed by atoms with E-state index in [4.69, 9.17) is 27.6 Å². The SMILES string of the molecule is O=C(CCCn1c(=O)oc2ccccc21)Nc1ccnn1Cc1c(Cl)cccc1Cl. The van der Waals surface area contributed by atoms with Gasteiger partial charge in [-0.2, -0.15) is 5.10 Å². The number of carbonyl (C=O) groups excluding carboxylic acids is 1. The average molecular weight is 445 g/mol. The van der Waals surface area contributed by atoms with E-state index in [0.717, 1.165) is 11.1 Å². The normalized spacial score (nSPS) is 11.1. The Kier molecular flexibility index (Phi) is 5.92. The molecule has 2 aromatic heterocycles. The Morgan fingerprint density at radius 3 is 2.63 bits per heavy atom. The number of para-hydroxylation sites is 2. The zero-order valence-corrected chi connectivity index (χ0v) is 17.4. The molecule has 0 atom stereocenters. The van der Waals surface area contributed by atoms with Crippen molar-refractivity contribution in [3.63, 3.8) is 0 Å². The van der Waals surface area contributed by atoms with Crippen molar-refractivity contribution >= 4 is 46.0 Å². The lowest BCUT2D eigenvalue weighted by atomic mass is 10.2. The number of carbonyl (C=O) groups is 1. The van der Waals surface area contributed by atoms with E-state index in [1.807, 2.05) is 18.2 Å². The summed E-state index contributed by atoms with van der Waals surface area (Å²) in [4.78, 5) is 24.4. The van der Waals surface area contributed by atoms with Crippen molar-refractivity contribution in [2.45, 2.75) is 25.9 Å². The van der Waals surface area contributed by atoms with E-state index in [-0.39, 0.29) is 12.3 Å². The van der Waals surface area contributed by atoms with Gasteiger partial charge in [0.25, 0.3) is 0 Å². The molecule has 1 amide bonds. The number of aromatic nitrogens is 3. The summed E-state index contributed by atoms with van der Waals surface area (Å²) in [6.07, 6.45) is 2.32. The van der Waals surface area contributed by atoms with Gasteiger partial charge in [-0.3, -0.25) is 9.36 Å². The highest BCUT2D eigenvalue weighted by molar-refractivity contribution is 6.36. The first kappa shape index (κ1) is 20.3. The van der Waals surface area contributed by atoms with Crippen LogP contribution in [0.4, 0.5) is 5.82 Å². The van der Waals surface area contributed by atoms with Crippen LogP contribution in [0.3, 0.4) is 0 Å². The van der Waals surface area contributed by atoms with Crippen LogP contribution in [0.2, 0.25) is 10.0 Å². The van der Waals surface area contributed by atoms with Gasteiger partial charge in [0.05, 0.1) is 18.3 Å². The van der Waals surface area contributed by atoms with E-state index < -0.39 is 5.76 Å². The maximum absolute atomic E-state index is 12.4. The smallest absolute Gasteiger partial charge is 0.408 e. The molecule has 0 aliphatic heterocycles. The molecular formula is C21H18Cl2N4O3. The van der Waals surface area contributed by atoms with Crippen LogP contribution in [0.1, 0.15) is 18.4 Å². The first-order chi connectivity index (χ1) is 14.5. The van der Waals surface area contributed by atoms with Crippen molar-refractivity contribution in [2.24, 2.45) is 0 Å². The number of nitrogens with one attached hydrogen (secondary N) is 1. The molecule has 7 nitrogen and oxygen atoms in total. The summed E-state index contributed by atoms with van der Waals surface area (Å²) in [5.41, 5.74) is 1.98. The van der Waals surface area contributed by atoms with Crippen LogP contribution in [-0.2, 0) is 17.9 Å². The summed E-state index contributed by atoms with van der Waals surface area (Å²) in [5.74, 6) is -0.0592. The molecular weight excluding hydrogens is 427 g/mol. The third-order valence-corrected chi connectivity index (χ3v) is 5.42. The molecule has 0 radical (unpaired) electrons. The first-order valence-corrected chi connectivity index (χ1v) is 10.1. The Bertz CT molecular complexity index is 1240. The highest BCUT2D eigenvalue weighted by Crippen LogP contribution is 2.26. The second-order valence-electron chi connectivity index (χ2n) is 6.71. The second kappa shape index (κ2) is 8.77. The number of amides is 1. The molecule has 1 N–H and O–H groups in total. The number of fused-ring (bicyclic) bond motifs is 1. The van der Waals surface area contributed by atoms with Crippen LogP contribution < -0.4 is 11.1 Å². The van der Waals surface area contributed by atoms with E-state index in [0.29, 0.717) is 41.0 Å². The van der Waals surface area contributed by atoms with Gasteiger partial charge in [-0.25, -0.2) is 9.48 Å². The molecule has 0 fully saturated rings. The summed E-state index contributed by atoms with van der Waals surface area (Å²) in [7, 11) is 0. The number of hydrogen-bond donors (Lipinski definition) is 1. The molecule has 30 heavy (non-hydrogen) atoms. The molecule has 0 aliphatic carbocycles. The van der Waals surface area contributed by atoms with E-state index in [9.17, 15) is 9.59 Å². The summed E-state index contributed by atoms with van der Waals surface area (Å²) in [6.45, 7) is 0.718. The molecule has 2 heterocycles. The van der Waals surface area contributed by atoms with Crippen LogP contribution >= 0.6 is 23.2 Å². The van der Waals surface area contributed by atoms with Crippen LogP contribution in [0.15, 0.2) is 63.9 Å². The number of rotatable bonds is 7. The van der Waals surface area contributed by atoms with Crippen LogP contribution in [-0.4, -0.2) is 20.3 Å². The Morgan fingerprint density at radius 1 is 1.07 bits per heavy atom. The average Bonchev–Trinajstić information content (AvgIpc) is 3.28. The fourth-order valence-electron chi connectivity index (χ4n) is 3.23. The maximum atomic E-state index is 12.4. The van der Waals surface area contributed by atoms with Crippen molar-refractivity contribution in [3.05, 3.63) is 80.9 Å². The van der Waals surface area contributed by atoms with Crippen molar-refractivity contribution in [3.8, 4) is 0 Å². The van der Waals surface area contributed by atoms with Gasteiger partial charge in [-0.05, 0) is 30.7 Å². The molecule has 0 aliphatic rings. The molecule has 9 heteroatoms. The summed E-state index contributed by atoms with van der Waals surface area (Å²) in [5, 5.41) is 8.16.